The lowest BCUT2D eigenvalue weighted by Crippen LogP contribution is -2.23. The Balaban J connectivity index is 1.65. The maximum Gasteiger partial charge on any atom is 0.269 e. The third-order valence-electron chi connectivity index (χ3n) is 4.27. The highest BCUT2D eigenvalue weighted by atomic mass is 16.5. The largest absolute Gasteiger partial charge is 0.497 e. The molecule has 3 rings (SSSR count). The van der Waals surface area contributed by atoms with Crippen LogP contribution in [-0.2, 0) is 6.54 Å². The Bertz CT molecular complexity index is 951. The second-order valence-corrected chi connectivity index (χ2v) is 6.23. The standard InChI is InChI=1S/C22H25N3O4/c1-4-28-20-11-6-15(12-21(20)29-5-2)14-23-22(26)19-13-18(24-25-19)16-7-9-17(27-3)10-8-16/h6-13H,4-5,14H2,1-3H3,(H,23,26)(H,24,25). The summed E-state index contributed by atoms with van der Waals surface area (Å²) in [7, 11) is 1.62. The average molecular weight is 395 g/mol. The van der Waals surface area contributed by atoms with E-state index in [9.17, 15) is 4.79 Å². The predicted molar refractivity (Wildman–Crippen MR) is 111 cm³/mol. The van der Waals surface area contributed by atoms with Gasteiger partial charge in [0.05, 0.1) is 26.0 Å². The van der Waals surface area contributed by atoms with E-state index < -0.39 is 0 Å². The van der Waals surface area contributed by atoms with E-state index in [1.165, 1.54) is 0 Å². The quantitative estimate of drug-likeness (QED) is 0.575. The number of H-pyrrole nitrogens is 1. The molecular weight excluding hydrogens is 370 g/mol. The van der Waals surface area contributed by atoms with E-state index in [2.05, 4.69) is 15.5 Å². The number of hydrogen-bond donors (Lipinski definition) is 2. The zero-order valence-corrected chi connectivity index (χ0v) is 16.8. The summed E-state index contributed by atoms with van der Waals surface area (Å²) in [5.41, 5.74) is 2.90. The smallest absolute Gasteiger partial charge is 0.269 e. The summed E-state index contributed by atoms with van der Waals surface area (Å²) >= 11 is 0. The van der Waals surface area contributed by atoms with Gasteiger partial charge in [0.25, 0.3) is 5.91 Å². The van der Waals surface area contributed by atoms with Gasteiger partial charge in [0.1, 0.15) is 11.4 Å². The van der Waals surface area contributed by atoms with E-state index in [-0.39, 0.29) is 5.91 Å². The molecule has 0 atom stereocenters. The number of nitrogens with one attached hydrogen (secondary N) is 2. The summed E-state index contributed by atoms with van der Waals surface area (Å²) in [6.45, 7) is 5.31. The Labute approximate surface area is 170 Å². The Morgan fingerprint density at radius 2 is 1.72 bits per heavy atom. The monoisotopic (exact) mass is 395 g/mol. The van der Waals surface area contributed by atoms with Crippen LogP contribution in [0.2, 0.25) is 0 Å². The molecule has 152 valence electrons. The van der Waals surface area contributed by atoms with Crippen molar-refractivity contribution in [2.75, 3.05) is 20.3 Å². The van der Waals surface area contributed by atoms with Gasteiger partial charge in [-0.1, -0.05) is 6.07 Å². The minimum atomic E-state index is -0.232. The van der Waals surface area contributed by atoms with Gasteiger partial charge in [-0.3, -0.25) is 9.89 Å². The fourth-order valence-electron chi connectivity index (χ4n) is 2.83. The molecular formula is C22H25N3O4. The van der Waals surface area contributed by atoms with Gasteiger partial charge in [-0.05, 0) is 61.9 Å². The molecule has 7 nitrogen and oxygen atoms in total. The number of aromatic amines is 1. The maximum atomic E-state index is 12.5. The van der Waals surface area contributed by atoms with E-state index in [1.807, 2.05) is 56.3 Å². The number of nitrogens with zero attached hydrogens (tertiary/aromatic N) is 1. The molecule has 0 spiro atoms. The van der Waals surface area contributed by atoms with Crippen LogP contribution in [0, 0.1) is 0 Å². The van der Waals surface area contributed by atoms with Crippen molar-refractivity contribution in [3.05, 3.63) is 59.8 Å². The first-order valence-electron chi connectivity index (χ1n) is 9.51. The second-order valence-electron chi connectivity index (χ2n) is 6.23. The zero-order valence-electron chi connectivity index (χ0n) is 16.8. The van der Waals surface area contributed by atoms with Crippen LogP contribution in [0.25, 0.3) is 11.3 Å². The van der Waals surface area contributed by atoms with Gasteiger partial charge in [-0.15, -0.1) is 0 Å². The zero-order chi connectivity index (χ0) is 20.6. The van der Waals surface area contributed by atoms with Crippen molar-refractivity contribution in [1.29, 1.82) is 0 Å². The Morgan fingerprint density at radius 1 is 1.00 bits per heavy atom. The summed E-state index contributed by atoms with van der Waals surface area (Å²) in [5.74, 6) is 1.90. The van der Waals surface area contributed by atoms with Crippen molar-refractivity contribution < 1.29 is 19.0 Å². The lowest BCUT2D eigenvalue weighted by molar-refractivity contribution is 0.0946. The van der Waals surface area contributed by atoms with Gasteiger partial charge >= 0.3 is 0 Å². The van der Waals surface area contributed by atoms with Crippen molar-refractivity contribution in [2.24, 2.45) is 0 Å². The molecule has 29 heavy (non-hydrogen) atoms. The van der Waals surface area contributed by atoms with Gasteiger partial charge in [0.15, 0.2) is 11.5 Å². The Morgan fingerprint density at radius 3 is 2.41 bits per heavy atom. The number of hydrogen-bond acceptors (Lipinski definition) is 5. The highest BCUT2D eigenvalue weighted by molar-refractivity contribution is 5.93. The molecule has 3 aromatic rings. The first-order chi connectivity index (χ1) is 14.1. The lowest BCUT2D eigenvalue weighted by Gasteiger charge is -2.12. The van der Waals surface area contributed by atoms with Crippen LogP contribution < -0.4 is 19.5 Å². The number of ether oxygens (including phenoxy) is 3. The first kappa shape index (κ1) is 20.3. The van der Waals surface area contributed by atoms with Gasteiger partial charge in [-0.25, -0.2) is 0 Å². The predicted octanol–water partition coefficient (Wildman–Crippen LogP) is 3.81. The van der Waals surface area contributed by atoms with Crippen molar-refractivity contribution in [3.8, 4) is 28.5 Å². The number of amides is 1. The van der Waals surface area contributed by atoms with Gasteiger partial charge in [0, 0.05) is 12.1 Å². The molecule has 0 bridgehead atoms. The average Bonchev–Trinajstić information content (AvgIpc) is 3.24. The lowest BCUT2D eigenvalue weighted by atomic mass is 10.1. The van der Waals surface area contributed by atoms with Gasteiger partial charge in [0.2, 0.25) is 0 Å². The fourth-order valence-corrected chi connectivity index (χ4v) is 2.83. The number of benzene rings is 2. The van der Waals surface area contributed by atoms with E-state index in [0.717, 1.165) is 16.9 Å². The minimum absolute atomic E-state index is 0.232. The molecule has 0 fully saturated rings. The number of carbonyl (C=O) groups is 1. The molecule has 2 aromatic carbocycles. The van der Waals surface area contributed by atoms with Crippen LogP contribution >= 0.6 is 0 Å². The normalized spacial score (nSPS) is 10.4. The molecule has 7 heteroatoms. The van der Waals surface area contributed by atoms with Crippen LogP contribution in [0.15, 0.2) is 48.5 Å². The van der Waals surface area contributed by atoms with Crippen molar-refractivity contribution in [3.63, 3.8) is 0 Å². The highest BCUT2D eigenvalue weighted by Gasteiger charge is 2.12. The molecule has 0 aliphatic carbocycles. The maximum absolute atomic E-state index is 12.5. The second kappa shape index (κ2) is 9.64. The number of methoxy groups -OCH3 is 1. The summed E-state index contributed by atoms with van der Waals surface area (Å²) in [6, 6.07) is 14.9. The fraction of sp³-hybridized carbons (Fsp3) is 0.273. The van der Waals surface area contributed by atoms with Crippen LogP contribution in [0.3, 0.4) is 0 Å². The Hall–Kier alpha value is -3.48. The van der Waals surface area contributed by atoms with E-state index in [4.69, 9.17) is 14.2 Å². The molecule has 0 radical (unpaired) electrons. The van der Waals surface area contributed by atoms with Crippen molar-refractivity contribution in [1.82, 2.24) is 15.5 Å². The Kier molecular flexibility index (Phi) is 6.73. The van der Waals surface area contributed by atoms with E-state index in [1.54, 1.807) is 13.2 Å². The number of rotatable bonds is 9. The van der Waals surface area contributed by atoms with Crippen LogP contribution in [0.4, 0.5) is 0 Å². The molecule has 2 N–H and O–H groups in total. The molecule has 0 aliphatic heterocycles. The number of aromatic nitrogens is 2. The van der Waals surface area contributed by atoms with Crippen molar-refractivity contribution in [2.45, 2.75) is 20.4 Å². The van der Waals surface area contributed by atoms with E-state index >= 15 is 0 Å². The van der Waals surface area contributed by atoms with Crippen LogP contribution in [0.1, 0.15) is 29.9 Å². The molecule has 0 aliphatic rings. The molecule has 1 heterocycles. The summed E-state index contributed by atoms with van der Waals surface area (Å²) in [5, 5.41) is 9.91. The minimum Gasteiger partial charge on any atom is -0.497 e. The molecule has 1 amide bonds. The third-order valence-corrected chi connectivity index (χ3v) is 4.27. The highest BCUT2D eigenvalue weighted by Crippen LogP contribution is 2.28. The third kappa shape index (κ3) is 5.07. The first-order valence-corrected chi connectivity index (χ1v) is 9.51. The van der Waals surface area contributed by atoms with Gasteiger partial charge < -0.3 is 19.5 Å². The molecule has 0 saturated heterocycles. The van der Waals surface area contributed by atoms with Crippen LogP contribution in [-0.4, -0.2) is 36.4 Å². The molecule has 0 saturated carbocycles. The molecule has 1 aromatic heterocycles. The summed E-state index contributed by atoms with van der Waals surface area (Å²) in [4.78, 5) is 12.5. The van der Waals surface area contributed by atoms with E-state index in [0.29, 0.717) is 42.6 Å². The van der Waals surface area contributed by atoms with Crippen molar-refractivity contribution >= 4 is 5.91 Å². The summed E-state index contributed by atoms with van der Waals surface area (Å²) in [6.07, 6.45) is 0. The SMILES string of the molecule is CCOc1ccc(CNC(=O)c2cc(-c3ccc(OC)cc3)n[nH]2)cc1OCC. The van der Waals surface area contributed by atoms with Gasteiger partial charge in [-0.2, -0.15) is 5.10 Å². The molecule has 0 unspecified atom stereocenters. The summed E-state index contributed by atoms with van der Waals surface area (Å²) < 4.78 is 16.4. The number of carbonyl (C=O) groups excluding carboxylic acids is 1. The van der Waals surface area contributed by atoms with Crippen LogP contribution in [0.5, 0.6) is 17.2 Å². The topological polar surface area (TPSA) is 85.5 Å².